The first-order valence-corrected chi connectivity index (χ1v) is 7.27. The summed E-state index contributed by atoms with van der Waals surface area (Å²) in [5.74, 6) is 0.932. The van der Waals surface area contributed by atoms with Gasteiger partial charge < -0.3 is 14.8 Å². The first-order valence-electron chi connectivity index (χ1n) is 6.47. The highest BCUT2D eigenvalue weighted by atomic mass is 79.9. The van der Waals surface area contributed by atoms with Gasteiger partial charge in [-0.05, 0) is 38.1 Å². The standard InChI is InChI=1S/C14H22BrNO2/c1-3-7-16-11-12-10-13(15)5-6-14(12)18-9-8-17-4-2/h5-6,10,16H,3-4,7-9,11H2,1-2H3. The average molecular weight is 316 g/mol. The van der Waals surface area contributed by atoms with Crippen LogP contribution in [-0.4, -0.2) is 26.4 Å². The molecule has 0 aliphatic carbocycles. The molecule has 1 rings (SSSR count). The molecule has 0 spiro atoms. The van der Waals surface area contributed by atoms with Crippen LogP contribution in [0.4, 0.5) is 0 Å². The SMILES string of the molecule is CCCNCc1cc(Br)ccc1OCCOCC. The van der Waals surface area contributed by atoms with Gasteiger partial charge in [-0.2, -0.15) is 0 Å². The molecule has 1 N–H and O–H groups in total. The largest absolute Gasteiger partial charge is 0.491 e. The predicted octanol–water partition coefficient (Wildman–Crippen LogP) is 3.36. The fourth-order valence-electron chi connectivity index (χ4n) is 1.58. The fraction of sp³-hybridized carbons (Fsp3) is 0.571. The minimum absolute atomic E-state index is 0.594. The number of benzene rings is 1. The zero-order valence-corrected chi connectivity index (χ0v) is 12.8. The Bertz CT molecular complexity index is 345. The molecule has 0 aliphatic heterocycles. The van der Waals surface area contributed by atoms with Gasteiger partial charge in [0.2, 0.25) is 0 Å². The predicted molar refractivity (Wildman–Crippen MR) is 78.1 cm³/mol. The Kier molecular flexibility index (Phi) is 8.05. The molecular weight excluding hydrogens is 294 g/mol. The van der Waals surface area contributed by atoms with Crippen LogP contribution in [0.15, 0.2) is 22.7 Å². The lowest BCUT2D eigenvalue weighted by Gasteiger charge is -2.12. The summed E-state index contributed by atoms with van der Waals surface area (Å²) in [6.45, 7) is 7.95. The van der Waals surface area contributed by atoms with Crippen LogP contribution < -0.4 is 10.1 Å². The molecule has 0 atom stereocenters. The Labute approximate surface area is 118 Å². The normalized spacial score (nSPS) is 10.6. The molecule has 0 saturated carbocycles. The van der Waals surface area contributed by atoms with Crippen molar-refractivity contribution in [3.8, 4) is 5.75 Å². The summed E-state index contributed by atoms with van der Waals surface area (Å²) in [5.41, 5.74) is 1.18. The minimum atomic E-state index is 0.594. The Morgan fingerprint density at radius 2 is 2.06 bits per heavy atom. The van der Waals surface area contributed by atoms with Crippen molar-refractivity contribution in [3.63, 3.8) is 0 Å². The molecule has 0 fully saturated rings. The zero-order chi connectivity index (χ0) is 13.2. The highest BCUT2D eigenvalue weighted by Crippen LogP contribution is 2.23. The molecule has 0 aromatic heterocycles. The average Bonchev–Trinajstić information content (AvgIpc) is 2.37. The van der Waals surface area contributed by atoms with Crippen molar-refractivity contribution in [2.75, 3.05) is 26.4 Å². The third kappa shape index (κ3) is 5.85. The quantitative estimate of drug-likeness (QED) is 0.709. The van der Waals surface area contributed by atoms with Gasteiger partial charge in [0.05, 0.1) is 6.61 Å². The maximum Gasteiger partial charge on any atom is 0.123 e. The number of hydrogen-bond donors (Lipinski definition) is 1. The molecule has 0 radical (unpaired) electrons. The summed E-state index contributed by atoms with van der Waals surface area (Å²) in [6, 6.07) is 6.09. The summed E-state index contributed by atoms with van der Waals surface area (Å²) in [6.07, 6.45) is 1.13. The Morgan fingerprint density at radius 3 is 2.78 bits per heavy atom. The van der Waals surface area contributed by atoms with Crippen molar-refractivity contribution >= 4 is 15.9 Å². The van der Waals surface area contributed by atoms with Crippen LogP contribution in [0.25, 0.3) is 0 Å². The maximum atomic E-state index is 5.74. The molecule has 0 aliphatic rings. The number of halogens is 1. The van der Waals surface area contributed by atoms with Gasteiger partial charge in [0.25, 0.3) is 0 Å². The van der Waals surface area contributed by atoms with Crippen molar-refractivity contribution in [1.29, 1.82) is 0 Å². The Balaban J connectivity index is 2.52. The monoisotopic (exact) mass is 315 g/mol. The first kappa shape index (κ1) is 15.5. The summed E-state index contributed by atoms with van der Waals surface area (Å²) < 4.78 is 12.1. The topological polar surface area (TPSA) is 30.5 Å². The Hall–Kier alpha value is -0.580. The molecule has 3 nitrogen and oxygen atoms in total. The van der Waals surface area contributed by atoms with Crippen molar-refractivity contribution < 1.29 is 9.47 Å². The van der Waals surface area contributed by atoms with Gasteiger partial charge in [-0.3, -0.25) is 0 Å². The third-order valence-corrected chi connectivity index (χ3v) is 2.95. The smallest absolute Gasteiger partial charge is 0.123 e. The van der Waals surface area contributed by atoms with Gasteiger partial charge in [0.15, 0.2) is 0 Å². The van der Waals surface area contributed by atoms with Gasteiger partial charge in [-0.25, -0.2) is 0 Å². The molecule has 102 valence electrons. The summed E-state index contributed by atoms with van der Waals surface area (Å²) in [4.78, 5) is 0. The van der Waals surface area contributed by atoms with E-state index in [2.05, 4.69) is 34.2 Å². The van der Waals surface area contributed by atoms with E-state index in [1.165, 1.54) is 5.56 Å². The van der Waals surface area contributed by atoms with Gasteiger partial charge in [-0.1, -0.05) is 22.9 Å². The van der Waals surface area contributed by atoms with Crippen LogP contribution in [0.3, 0.4) is 0 Å². The van der Waals surface area contributed by atoms with E-state index in [1.807, 2.05) is 19.1 Å². The van der Waals surface area contributed by atoms with E-state index in [9.17, 15) is 0 Å². The van der Waals surface area contributed by atoms with Gasteiger partial charge in [0.1, 0.15) is 12.4 Å². The van der Waals surface area contributed by atoms with Crippen LogP contribution in [0.1, 0.15) is 25.8 Å². The Morgan fingerprint density at radius 1 is 1.22 bits per heavy atom. The van der Waals surface area contributed by atoms with Crippen molar-refractivity contribution in [2.45, 2.75) is 26.8 Å². The fourth-order valence-corrected chi connectivity index (χ4v) is 1.99. The van der Waals surface area contributed by atoms with E-state index in [0.29, 0.717) is 13.2 Å². The lowest BCUT2D eigenvalue weighted by atomic mass is 10.2. The molecule has 1 aromatic rings. The molecule has 1 aromatic carbocycles. The van der Waals surface area contributed by atoms with Crippen LogP contribution in [-0.2, 0) is 11.3 Å². The summed E-state index contributed by atoms with van der Waals surface area (Å²) in [7, 11) is 0. The first-order chi connectivity index (χ1) is 8.77. The second-order valence-electron chi connectivity index (χ2n) is 3.97. The molecule has 0 saturated heterocycles. The molecule has 0 heterocycles. The molecule has 18 heavy (non-hydrogen) atoms. The van der Waals surface area contributed by atoms with Crippen LogP contribution in [0, 0.1) is 0 Å². The number of rotatable bonds is 9. The van der Waals surface area contributed by atoms with Gasteiger partial charge in [-0.15, -0.1) is 0 Å². The molecular formula is C14H22BrNO2. The van der Waals surface area contributed by atoms with E-state index in [-0.39, 0.29) is 0 Å². The molecule has 0 amide bonds. The van der Waals surface area contributed by atoms with Gasteiger partial charge in [0, 0.05) is 23.2 Å². The second-order valence-corrected chi connectivity index (χ2v) is 4.89. The summed E-state index contributed by atoms with van der Waals surface area (Å²) in [5, 5.41) is 3.39. The van der Waals surface area contributed by atoms with Crippen molar-refractivity contribution in [1.82, 2.24) is 5.32 Å². The van der Waals surface area contributed by atoms with E-state index >= 15 is 0 Å². The minimum Gasteiger partial charge on any atom is -0.491 e. The zero-order valence-electron chi connectivity index (χ0n) is 11.2. The van der Waals surface area contributed by atoms with E-state index in [0.717, 1.165) is 36.3 Å². The number of nitrogens with one attached hydrogen (secondary N) is 1. The number of hydrogen-bond acceptors (Lipinski definition) is 3. The lowest BCUT2D eigenvalue weighted by Crippen LogP contribution is -2.15. The molecule has 0 bridgehead atoms. The highest BCUT2D eigenvalue weighted by Gasteiger charge is 2.04. The lowest BCUT2D eigenvalue weighted by molar-refractivity contribution is 0.110. The molecule has 0 unspecified atom stereocenters. The molecule has 4 heteroatoms. The van der Waals surface area contributed by atoms with Crippen LogP contribution >= 0.6 is 15.9 Å². The van der Waals surface area contributed by atoms with E-state index in [1.54, 1.807) is 0 Å². The second kappa shape index (κ2) is 9.36. The van der Waals surface area contributed by atoms with Crippen molar-refractivity contribution in [3.05, 3.63) is 28.2 Å². The van der Waals surface area contributed by atoms with Crippen LogP contribution in [0.5, 0.6) is 5.75 Å². The maximum absolute atomic E-state index is 5.74. The van der Waals surface area contributed by atoms with Crippen molar-refractivity contribution in [2.24, 2.45) is 0 Å². The summed E-state index contributed by atoms with van der Waals surface area (Å²) >= 11 is 3.49. The number of ether oxygens (including phenoxy) is 2. The highest BCUT2D eigenvalue weighted by molar-refractivity contribution is 9.10. The van der Waals surface area contributed by atoms with Crippen LogP contribution in [0.2, 0.25) is 0 Å². The van der Waals surface area contributed by atoms with Gasteiger partial charge >= 0.3 is 0 Å². The third-order valence-electron chi connectivity index (χ3n) is 2.45. The van der Waals surface area contributed by atoms with E-state index in [4.69, 9.17) is 9.47 Å². The van der Waals surface area contributed by atoms with E-state index < -0.39 is 0 Å².